The van der Waals surface area contributed by atoms with Crippen LogP contribution in [0.5, 0.6) is 0 Å². The normalized spacial score (nSPS) is 17.4. The Morgan fingerprint density at radius 2 is 1.83 bits per heavy atom. The van der Waals surface area contributed by atoms with Crippen LogP contribution in [-0.2, 0) is 6.54 Å². The molecule has 0 amide bonds. The highest BCUT2D eigenvalue weighted by molar-refractivity contribution is 5.87. The molecule has 1 saturated heterocycles. The van der Waals surface area contributed by atoms with Gasteiger partial charge in [0.1, 0.15) is 5.82 Å². The van der Waals surface area contributed by atoms with Crippen molar-refractivity contribution in [3.63, 3.8) is 0 Å². The first-order valence-corrected chi connectivity index (χ1v) is 6.40. The molecule has 0 atom stereocenters. The van der Waals surface area contributed by atoms with Crippen molar-refractivity contribution in [3.8, 4) is 0 Å². The molecular formula is C14H18FNO2. The standard InChI is InChI=1S/C14H18FNO2/c15-13-8-11(7-12(9-13)14(17)18)10-16-5-3-1-2-4-6-16/h7-9H,1-6,10H2,(H,17,18). The second kappa shape index (κ2) is 5.96. The Balaban J connectivity index is 2.10. The molecule has 2 rings (SSSR count). The summed E-state index contributed by atoms with van der Waals surface area (Å²) in [6.07, 6.45) is 4.84. The van der Waals surface area contributed by atoms with Gasteiger partial charge in [-0.3, -0.25) is 4.90 Å². The number of carboxylic acids is 1. The van der Waals surface area contributed by atoms with Crippen LogP contribution in [0.25, 0.3) is 0 Å². The van der Waals surface area contributed by atoms with Crippen LogP contribution in [-0.4, -0.2) is 29.1 Å². The maximum Gasteiger partial charge on any atom is 0.335 e. The van der Waals surface area contributed by atoms with E-state index in [9.17, 15) is 9.18 Å². The predicted octanol–water partition coefficient (Wildman–Crippen LogP) is 2.90. The van der Waals surface area contributed by atoms with Crippen molar-refractivity contribution in [3.05, 3.63) is 35.1 Å². The van der Waals surface area contributed by atoms with Crippen LogP contribution in [0.3, 0.4) is 0 Å². The van der Waals surface area contributed by atoms with Gasteiger partial charge in [0.05, 0.1) is 5.56 Å². The molecule has 1 aliphatic rings. The number of halogens is 1. The molecule has 1 aromatic carbocycles. The van der Waals surface area contributed by atoms with Gasteiger partial charge in [-0.15, -0.1) is 0 Å². The summed E-state index contributed by atoms with van der Waals surface area (Å²) in [6, 6.07) is 4.06. The lowest BCUT2D eigenvalue weighted by Gasteiger charge is -2.19. The van der Waals surface area contributed by atoms with Crippen LogP contribution in [0.15, 0.2) is 18.2 Å². The number of rotatable bonds is 3. The number of likely N-dealkylation sites (tertiary alicyclic amines) is 1. The van der Waals surface area contributed by atoms with E-state index in [1.807, 2.05) is 0 Å². The Kier molecular flexibility index (Phi) is 4.31. The lowest BCUT2D eigenvalue weighted by Crippen LogP contribution is -2.24. The average molecular weight is 251 g/mol. The van der Waals surface area contributed by atoms with Gasteiger partial charge in [0.2, 0.25) is 0 Å². The van der Waals surface area contributed by atoms with E-state index in [0.29, 0.717) is 6.54 Å². The monoisotopic (exact) mass is 251 g/mol. The van der Waals surface area contributed by atoms with Crippen LogP contribution < -0.4 is 0 Å². The van der Waals surface area contributed by atoms with Crippen molar-refractivity contribution in [2.75, 3.05) is 13.1 Å². The first kappa shape index (κ1) is 13.0. The smallest absolute Gasteiger partial charge is 0.335 e. The van der Waals surface area contributed by atoms with E-state index in [1.165, 1.54) is 31.7 Å². The van der Waals surface area contributed by atoms with Gasteiger partial charge in [0.15, 0.2) is 0 Å². The summed E-state index contributed by atoms with van der Waals surface area (Å²) in [5, 5.41) is 8.90. The van der Waals surface area contributed by atoms with Crippen LogP contribution in [0, 0.1) is 5.82 Å². The molecule has 1 heterocycles. The van der Waals surface area contributed by atoms with E-state index in [0.717, 1.165) is 24.7 Å². The maximum atomic E-state index is 13.3. The summed E-state index contributed by atoms with van der Waals surface area (Å²) < 4.78 is 13.3. The highest BCUT2D eigenvalue weighted by Gasteiger charge is 2.12. The fraction of sp³-hybridized carbons (Fsp3) is 0.500. The number of benzene rings is 1. The Morgan fingerprint density at radius 3 is 2.44 bits per heavy atom. The van der Waals surface area contributed by atoms with Crippen molar-refractivity contribution in [2.45, 2.75) is 32.2 Å². The molecule has 0 radical (unpaired) electrons. The number of carbonyl (C=O) groups is 1. The molecule has 0 bridgehead atoms. The molecule has 0 unspecified atom stereocenters. The second-order valence-electron chi connectivity index (χ2n) is 4.84. The minimum atomic E-state index is -1.08. The molecule has 0 spiro atoms. The number of aromatic carboxylic acids is 1. The minimum absolute atomic E-state index is 0.0276. The first-order valence-electron chi connectivity index (χ1n) is 6.40. The molecule has 4 heteroatoms. The molecule has 1 aromatic rings. The topological polar surface area (TPSA) is 40.5 Å². The first-order chi connectivity index (χ1) is 8.65. The van der Waals surface area contributed by atoms with Gasteiger partial charge in [-0.05, 0) is 49.7 Å². The third kappa shape index (κ3) is 3.53. The zero-order chi connectivity index (χ0) is 13.0. The van der Waals surface area contributed by atoms with E-state index >= 15 is 0 Å². The second-order valence-corrected chi connectivity index (χ2v) is 4.84. The van der Waals surface area contributed by atoms with Gasteiger partial charge in [-0.25, -0.2) is 9.18 Å². The summed E-state index contributed by atoms with van der Waals surface area (Å²) in [7, 11) is 0. The number of hydrogen-bond donors (Lipinski definition) is 1. The zero-order valence-electron chi connectivity index (χ0n) is 10.4. The van der Waals surface area contributed by atoms with Crippen LogP contribution in [0.2, 0.25) is 0 Å². The number of carboxylic acid groups (broad SMARTS) is 1. The Labute approximate surface area is 106 Å². The van der Waals surface area contributed by atoms with Gasteiger partial charge in [0.25, 0.3) is 0 Å². The van der Waals surface area contributed by atoms with Crippen molar-refractivity contribution < 1.29 is 14.3 Å². The third-order valence-electron chi connectivity index (χ3n) is 3.31. The summed E-state index contributed by atoms with van der Waals surface area (Å²) in [5.41, 5.74) is 0.772. The van der Waals surface area contributed by atoms with Crippen molar-refractivity contribution >= 4 is 5.97 Å². The number of nitrogens with zero attached hydrogens (tertiary/aromatic N) is 1. The van der Waals surface area contributed by atoms with E-state index in [2.05, 4.69) is 4.90 Å². The lowest BCUT2D eigenvalue weighted by atomic mass is 10.1. The molecule has 0 aliphatic carbocycles. The SMILES string of the molecule is O=C(O)c1cc(F)cc(CN2CCCCCC2)c1. The minimum Gasteiger partial charge on any atom is -0.478 e. The Morgan fingerprint density at radius 1 is 1.17 bits per heavy atom. The fourth-order valence-electron chi connectivity index (χ4n) is 2.42. The maximum absolute atomic E-state index is 13.3. The van der Waals surface area contributed by atoms with E-state index in [4.69, 9.17) is 5.11 Å². The summed E-state index contributed by atoms with van der Waals surface area (Å²) in [4.78, 5) is 13.1. The van der Waals surface area contributed by atoms with Gasteiger partial charge >= 0.3 is 5.97 Å². The fourth-order valence-corrected chi connectivity index (χ4v) is 2.42. The van der Waals surface area contributed by atoms with Crippen LogP contribution in [0.1, 0.15) is 41.6 Å². The predicted molar refractivity (Wildman–Crippen MR) is 67.1 cm³/mol. The summed E-state index contributed by atoms with van der Waals surface area (Å²) >= 11 is 0. The molecular weight excluding hydrogens is 233 g/mol. The lowest BCUT2D eigenvalue weighted by molar-refractivity contribution is 0.0696. The third-order valence-corrected chi connectivity index (χ3v) is 3.31. The zero-order valence-corrected chi connectivity index (χ0v) is 10.4. The van der Waals surface area contributed by atoms with E-state index in [1.54, 1.807) is 6.07 Å². The van der Waals surface area contributed by atoms with Crippen molar-refractivity contribution in [1.29, 1.82) is 0 Å². The Hall–Kier alpha value is -1.42. The summed E-state index contributed by atoms with van der Waals surface area (Å²) in [6.45, 7) is 2.66. The molecule has 18 heavy (non-hydrogen) atoms. The van der Waals surface area contributed by atoms with Gasteiger partial charge < -0.3 is 5.11 Å². The van der Waals surface area contributed by atoms with E-state index in [-0.39, 0.29) is 5.56 Å². The van der Waals surface area contributed by atoms with Crippen LogP contribution in [0.4, 0.5) is 4.39 Å². The van der Waals surface area contributed by atoms with Crippen molar-refractivity contribution in [1.82, 2.24) is 4.90 Å². The molecule has 0 saturated carbocycles. The quantitative estimate of drug-likeness (QED) is 0.898. The largest absolute Gasteiger partial charge is 0.478 e. The van der Waals surface area contributed by atoms with Gasteiger partial charge in [-0.2, -0.15) is 0 Å². The van der Waals surface area contributed by atoms with Gasteiger partial charge in [0, 0.05) is 6.54 Å². The molecule has 1 fully saturated rings. The average Bonchev–Trinajstić information content (AvgIpc) is 2.57. The molecule has 98 valence electrons. The Bertz CT molecular complexity index is 426. The highest BCUT2D eigenvalue weighted by Crippen LogP contribution is 2.15. The van der Waals surface area contributed by atoms with Crippen LogP contribution >= 0.6 is 0 Å². The van der Waals surface area contributed by atoms with E-state index < -0.39 is 11.8 Å². The molecule has 0 aromatic heterocycles. The molecule has 1 aliphatic heterocycles. The van der Waals surface area contributed by atoms with Gasteiger partial charge in [-0.1, -0.05) is 12.8 Å². The molecule has 1 N–H and O–H groups in total. The summed E-state index contributed by atoms with van der Waals surface area (Å²) in [5.74, 6) is -1.55. The highest BCUT2D eigenvalue weighted by atomic mass is 19.1. The van der Waals surface area contributed by atoms with Crippen molar-refractivity contribution in [2.24, 2.45) is 0 Å². The molecule has 3 nitrogen and oxygen atoms in total. The number of hydrogen-bond acceptors (Lipinski definition) is 2.